The summed E-state index contributed by atoms with van der Waals surface area (Å²) in [7, 11) is 0. The van der Waals surface area contributed by atoms with Gasteiger partial charge in [-0.2, -0.15) is 0 Å². The smallest absolute Gasteiger partial charge is 0.0620 e. The summed E-state index contributed by atoms with van der Waals surface area (Å²) >= 11 is 0. The Morgan fingerprint density at radius 3 is 2.74 bits per heavy atom. The summed E-state index contributed by atoms with van der Waals surface area (Å²) in [6, 6.07) is 12.6. The average molecular weight is 317 g/mol. The van der Waals surface area contributed by atoms with Crippen LogP contribution in [0.2, 0.25) is 0 Å². The predicted octanol–water partition coefficient (Wildman–Crippen LogP) is 2.01. The Morgan fingerprint density at radius 2 is 2.04 bits per heavy atom. The monoisotopic (exact) mass is 317 g/mol. The van der Waals surface area contributed by atoms with E-state index in [0.717, 1.165) is 32.7 Å². The highest BCUT2D eigenvalue weighted by molar-refractivity contribution is 5.14. The van der Waals surface area contributed by atoms with Gasteiger partial charge in [0, 0.05) is 31.2 Å². The molecule has 4 nitrogen and oxygen atoms in total. The molecule has 0 amide bonds. The van der Waals surface area contributed by atoms with Crippen LogP contribution in [0.25, 0.3) is 0 Å². The van der Waals surface area contributed by atoms with E-state index in [-0.39, 0.29) is 0 Å². The van der Waals surface area contributed by atoms with E-state index in [1.54, 1.807) is 0 Å². The lowest BCUT2D eigenvalue weighted by molar-refractivity contribution is 0.0700. The zero-order valence-electron chi connectivity index (χ0n) is 14.3. The summed E-state index contributed by atoms with van der Waals surface area (Å²) in [6.07, 6.45) is 3.67. The molecule has 2 aliphatic heterocycles. The number of nitrogens with one attached hydrogen (secondary N) is 2. The Morgan fingerprint density at radius 1 is 1.26 bits per heavy atom. The summed E-state index contributed by atoms with van der Waals surface area (Å²) in [5.41, 5.74) is 1.43. The minimum Gasteiger partial charge on any atom is -0.379 e. The quantitative estimate of drug-likeness (QED) is 0.841. The molecule has 23 heavy (non-hydrogen) atoms. The first kappa shape index (κ1) is 16.9. The molecule has 0 saturated carbocycles. The van der Waals surface area contributed by atoms with Crippen molar-refractivity contribution in [2.24, 2.45) is 0 Å². The normalized spacial score (nSPS) is 25.3. The van der Waals surface area contributed by atoms with E-state index in [4.69, 9.17) is 4.74 Å². The van der Waals surface area contributed by atoms with Gasteiger partial charge in [0.25, 0.3) is 0 Å². The van der Waals surface area contributed by atoms with Crippen LogP contribution < -0.4 is 10.6 Å². The molecule has 2 aliphatic rings. The summed E-state index contributed by atoms with van der Waals surface area (Å²) in [4.78, 5) is 2.58. The van der Waals surface area contributed by atoms with Crippen LogP contribution in [0.5, 0.6) is 0 Å². The maximum Gasteiger partial charge on any atom is 0.0620 e. The van der Waals surface area contributed by atoms with Gasteiger partial charge in [-0.3, -0.25) is 4.90 Å². The van der Waals surface area contributed by atoms with Crippen LogP contribution in [0.4, 0.5) is 0 Å². The van der Waals surface area contributed by atoms with Crippen molar-refractivity contribution in [2.75, 3.05) is 32.8 Å². The van der Waals surface area contributed by atoms with Crippen LogP contribution in [-0.4, -0.2) is 55.9 Å². The fourth-order valence-electron chi connectivity index (χ4n) is 3.77. The van der Waals surface area contributed by atoms with E-state index in [1.165, 1.54) is 31.5 Å². The SMILES string of the molecule is CC(CC1COCCN1)NC1CCN(Cc2ccccc2)CC1. The van der Waals surface area contributed by atoms with E-state index >= 15 is 0 Å². The first-order chi connectivity index (χ1) is 11.3. The van der Waals surface area contributed by atoms with Crippen molar-refractivity contribution in [1.29, 1.82) is 0 Å². The molecule has 0 radical (unpaired) electrons. The number of likely N-dealkylation sites (tertiary alicyclic amines) is 1. The fraction of sp³-hybridized carbons (Fsp3) is 0.684. The number of benzene rings is 1. The maximum atomic E-state index is 5.55. The molecule has 2 fully saturated rings. The Hall–Kier alpha value is -0.940. The third kappa shape index (κ3) is 5.57. The van der Waals surface area contributed by atoms with Gasteiger partial charge in [0.15, 0.2) is 0 Å². The topological polar surface area (TPSA) is 36.5 Å². The van der Waals surface area contributed by atoms with Crippen LogP contribution in [0.1, 0.15) is 31.7 Å². The van der Waals surface area contributed by atoms with E-state index in [1.807, 2.05) is 0 Å². The molecule has 2 unspecified atom stereocenters. The van der Waals surface area contributed by atoms with Gasteiger partial charge in [0.05, 0.1) is 13.2 Å². The number of morpholine rings is 1. The van der Waals surface area contributed by atoms with Crippen molar-refractivity contribution in [3.8, 4) is 0 Å². The van der Waals surface area contributed by atoms with Crippen LogP contribution >= 0.6 is 0 Å². The van der Waals surface area contributed by atoms with E-state index in [9.17, 15) is 0 Å². The molecule has 2 N–H and O–H groups in total. The largest absolute Gasteiger partial charge is 0.379 e. The number of hydrogen-bond donors (Lipinski definition) is 2. The van der Waals surface area contributed by atoms with Crippen LogP contribution in [0.3, 0.4) is 0 Å². The van der Waals surface area contributed by atoms with Gasteiger partial charge in [0.1, 0.15) is 0 Å². The third-order valence-electron chi connectivity index (χ3n) is 4.99. The molecule has 1 aromatic carbocycles. The van der Waals surface area contributed by atoms with Crippen molar-refractivity contribution in [3.05, 3.63) is 35.9 Å². The molecule has 128 valence electrons. The zero-order valence-corrected chi connectivity index (χ0v) is 14.3. The second-order valence-electron chi connectivity index (χ2n) is 7.07. The molecule has 0 aliphatic carbocycles. The van der Waals surface area contributed by atoms with E-state index in [0.29, 0.717) is 18.1 Å². The van der Waals surface area contributed by atoms with Crippen molar-refractivity contribution < 1.29 is 4.74 Å². The second-order valence-corrected chi connectivity index (χ2v) is 7.07. The highest BCUT2D eigenvalue weighted by atomic mass is 16.5. The lowest BCUT2D eigenvalue weighted by Gasteiger charge is -2.35. The van der Waals surface area contributed by atoms with Crippen LogP contribution in [0, 0.1) is 0 Å². The summed E-state index contributed by atoms with van der Waals surface area (Å²) in [6.45, 7) is 8.52. The molecule has 2 atom stereocenters. The van der Waals surface area contributed by atoms with E-state index < -0.39 is 0 Å². The lowest BCUT2D eigenvalue weighted by atomic mass is 10.0. The first-order valence-electron chi connectivity index (χ1n) is 9.13. The fourth-order valence-corrected chi connectivity index (χ4v) is 3.77. The molecule has 4 heteroatoms. The molecule has 1 aromatic rings. The molecular formula is C19H31N3O. The van der Waals surface area contributed by atoms with Gasteiger partial charge >= 0.3 is 0 Å². The van der Waals surface area contributed by atoms with Crippen molar-refractivity contribution in [3.63, 3.8) is 0 Å². The first-order valence-corrected chi connectivity index (χ1v) is 9.13. The lowest BCUT2D eigenvalue weighted by Crippen LogP contribution is -2.49. The minimum atomic E-state index is 0.518. The van der Waals surface area contributed by atoms with Gasteiger partial charge in [0.2, 0.25) is 0 Å². The molecule has 0 spiro atoms. The Balaban J connectivity index is 1.35. The molecule has 2 heterocycles. The van der Waals surface area contributed by atoms with Crippen LogP contribution in [-0.2, 0) is 11.3 Å². The maximum absolute atomic E-state index is 5.55. The second kappa shape index (κ2) is 8.78. The number of rotatable bonds is 6. The summed E-state index contributed by atoms with van der Waals surface area (Å²) in [5.74, 6) is 0. The van der Waals surface area contributed by atoms with E-state index in [2.05, 4.69) is 52.8 Å². The van der Waals surface area contributed by atoms with Crippen molar-refractivity contribution in [2.45, 2.75) is 50.9 Å². The number of hydrogen-bond acceptors (Lipinski definition) is 4. The zero-order chi connectivity index (χ0) is 15.9. The molecule has 3 rings (SSSR count). The number of ether oxygens (including phenoxy) is 1. The van der Waals surface area contributed by atoms with Gasteiger partial charge in [-0.25, -0.2) is 0 Å². The average Bonchev–Trinajstić information content (AvgIpc) is 2.58. The molecular weight excluding hydrogens is 286 g/mol. The van der Waals surface area contributed by atoms with Crippen molar-refractivity contribution >= 4 is 0 Å². The van der Waals surface area contributed by atoms with Gasteiger partial charge in [-0.15, -0.1) is 0 Å². The van der Waals surface area contributed by atoms with Gasteiger partial charge in [-0.1, -0.05) is 30.3 Å². The van der Waals surface area contributed by atoms with Gasteiger partial charge in [-0.05, 0) is 44.8 Å². The van der Waals surface area contributed by atoms with Crippen LogP contribution in [0.15, 0.2) is 30.3 Å². The predicted molar refractivity (Wildman–Crippen MR) is 94.6 cm³/mol. The standard InChI is InChI=1S/C19H31N3O/c1-16(13-19-15-23-12-9-20-19)21-18-7-10-22(11-8-18)14-17-5-3-2-4-6-17/h2-6,16,18-21H,7-15H2,1H3. The summed E-state index contributed by atoms with van der Waals surface area (Å²) in [5, 5.41) is 7.38. The highest BCUT2D eigenvalue weighted by Crippen LogP contribution is 2.15. The Kier molecular flexibility index (Phi) is 6.46. The molecule has 0 bridgehead atoms. The Bertz CT molecular complexity index is 439. The Labute approximate surface area is 140 Å². The highest BCUT2D eigenvalue weighted by Gasteiger charge is 2.22. The summed E-state index contributed by atoms with van der Waals surface area (Å²) < 4.78 is 5.55. The van der Waals surface area contributed by atoms with Crippen molar-refractivity contribution in [1.82, 2.24) is 15.5 Å². The number of nitrogens with zero attached hydrogens (tertiary/aromatic N) is 1. The number of piperidine rings is 1. The molecule has 0 aromatic heterocycles. The third-order valence-corrected chi connectivity index (χ3v) is 4.99. The van der Waals surface area contributed by atoms with Gasteiger partial charge < -0.3 is 15.4 Å². The minimum absolute atomic E-state index is 0.518. The molecule has 2 saturated heterocycles.